The van der Waals surface area contributed by atoms with Crippen molar-refractivity contribution in [3.05, 3.63) is 16.6 Å². The van der Waals surface area contributed by atoms with Crippen LogP contribution in [0.25, 0.3) is 10.2 Å². The van der Waals surface area contributed by atoms with Gasteiger partial charge in [-0.05, 0) is 51.8 Å². The number of carbonyl (C=O) groups is 1. The minimum atomic E-state index is 0.0304. The highest BCUT2D eigenvalue weighted by Crippen LogP contribution is 2.27. The topological polar surface area (TPSA) is 50.2 Å². The second-order valence-electron chi connectivity index (χ2n) is 6.82. The average molecular weight is 334 g/mol. The minimum Gasteiger partial charge on any atom is -0.350 e. The summed E-state index contributed by atoms with van der Waals surface area (Å²) >= 11 is 1.52. The van der Waals surface area contributed by atoms with Crippen LogP contribution in [0.3, 0.4) is 0 Å². The van der Waals surface area contributed by atoms with Crippen LogP contribution in [0.4, 0.5) is 0 Å². The van der Waals surface area contributed by atoms with Crippen molar-refractivity contribution in [2.45, 2.75) is 39.7 Å². The summed E-state index contributed by atoms with van der Waals surface area (Å²) in [6, 6.07) is 2.36. The predicted molar refractivity (Wildman–Crippen MR) is 95.1 cm³/mol. The molecule has 3 heterocycles. The molecule has 0 radical (unpaired) electrons. The van der Waals surface area contributed by atoms with Gasteiger partial charge in [-0.15, -0.1) is 11.3 Å². The van der Waals surface area contributed by atoms with Crippen LogP contribution in [-0.2, 0) is 7.05 Å². The van der Waals surface area contributed by atoms with Gasteiger partial charge >= 0.3 is 0 Å². The number of fused-ring (bicyclic) bond motifs is 1. The van der Waals surface area contributed by atoms with Gasteiger partial charge in [-0.25, -0.2) is 0 Å². The molecule has 0 bridgehead atoms. The standard InChI is InChI=1S/C17H26N4OS/c1-11-5-7-21(8-6-11)12(2)10-18-16(22)15-9-14-13(3)19-20(4)17(14)23-15/h9,11-12H,5-8,10H2,1-4H3,(H,18,22). The first kappa shape index (κ1) is 16.5. The van der Waals surface area contributed by atoms with Crippen molar-refractivity contribution in [3.63, 3.8) is 0 Å². The van der Waals surface area contributed by atoms with Gasteiger partial charge in [-0.1, -0.05) is 6.92 Å². The number of carbonyl (C=O) groups excluding carboxylic acids is 1. The molecule has 6 heteroatoms. The maximum atomic E-state index is 12.4. The summed E-state index contributed by atoms with van der Waals surface area (Å²) in [7, 11) is 1.92. The fourth-order valence-corrected chi connectivity index (χ4v) is 4.28. The third-order valence-electron chi connectivity index (χ3n) is 4.92. The Bertz CT molecular complexity index is 662. The minimum absolute atomic E-state index is 0.0304. The fourth-order valence-electron chi connectivity index (χ4n) is 3.24. The molecule has 5 nitrogen and oxygen atoms in total. The van der Waals surface area contributed by atoms with Crippen LogP contribution < -0.4 is 5.32 Å². The van der Waals surface area contributed by atoms with E-state index in [1.807, 2.05) is 24.7 Å². The number of aryl methyl sites for hydroxylation is 2. The van der Waals surface area contributed by atoms with E-state index in [4.69, 9.17) is 0 Å². The zero-order valence-corrected chi connectivity index (χ0v) is 15.2. The highest BCUT2D eigenvalue weighted by atomic mass is 32.1. The van der Waals surface area contributed by atoms with E-state index in [9.17, 15) is 4.79 Å². The first-order chi connectivity index (χ1) is 11.0. The van der Waals surface area contributed by atoms with Crippen molar-refractivity contribution in [1.82, 2.24) is 20.0 Å². The maximum Gasteiger partial charge on any atom is 0.261 e. The predicted octanol–water partition coefficient (Wildman–Crippen LogP) is 2.79. The van der Waals surface area contributed by atoms with E-state index in [0.717, 1.165) is 39.8 Å². The van der Waals surface area contributed by atoms with Gasteiger partial charge < -0.3 is 5.32 Å². The molecule has 2 aromatic heterocycles. The number of amides is 1. The number of hydrogen-bond donors (Lipinski definition) is 1. The SMILES string of the molecule is Cc1nn(C)c2sc(C(=O)NCC(C)N3CCC(C)CC3)cc12. The van der Waals surface area contributed by atoms with E-state index in [2.05, 4.69) is 29.2 Å². The van der Waals surface area contributed by atoms with Crippen LogP contribution in [0.1, 0.15) is 42.1 Å². The Balaban J connectivity index is 1.59. The molecule has 126 valence electrons. The molecule has 1 saturated heterocycles. The van der Waals surface area contributed by atoms with Crippen LogP contribution in [0.15, 0.2) is 6.07 Å². The van der Waals surface area contributed by atoms with Gasteiger partial charge in [0.05, 0.1) is 10.6 Å². The van der Waals surface area contributed by atoms with Crippen LogP contribution in [0, 0.1) is 12.8 Å². The lowest BCUT2D eigenvalue weighted by molar-refractivity contribution is 0.0925. The molecule has 0 saturated carbocycles. The molecule has 1 N–H and O–H groups in total. The summed E-state index contributed by atoms with van der Waals surface area (Å²) in [5.41, 5.74) is 0.980. The average Bonchev–Trinajstić information content (AvgIpc) is 3.07. The van der Waals surface area contributed by atoms with E-state index in [0.29, 0.717) is 12.6 Å². The molecule has 1 atom stereocenters. The number of piperidine rings is 1. The third-order valence-corrected chi connectivity index (χ3v) is 6.12. The molecule has 1 aliphatic rings. The number of hydrogen-bond acceptors (Lipinski definition) is 4. The molecule has 0 spiro atoms. The molecule has 2 aromatic rings. The highest BCUT2D eigenvalue weighted by molar-refractivity contribution is 7.20. The van der Waals surface area contributed by atoms with Crippen LogP contribution in [0.2, 0.25) is 0 Å². The Morgan fingerprint density at radius 2 is 2.17 bits per heavy atom. The van der Waals surface area contributed by atoms with Crippen LogP contribution in [0.5, 0.6) is 0 Å². The third kappa shape index (κ3) is 3.43. The Morgan fingerprint density at radius 1 is 1.48 bits per heavy atom. The quantitative estimate of drug-likeness (QED) is 0.935. The Hall–Kier alpha value is -1.40. The second-order valence-corrected chi connectivity index (χ2v) is 7.85. The van der Waals surface area contributed by atoms with E-state index in [1.54, 1.807) is 0 Å². The van der Waals surface area contributed by atoms with Crippen molar-refractivity contribution in [3.8, 4) is 0 Å². The Morgan fingerprint density at radius 3 is 2.83 bits per heavy atom. The van der Waals surface area contributed by atoms with E-state index >= 15 is 0 Å². The molecule has 0 aromatic carbocycles. The first-order valence-corrected chi connectivity index (χ1v) is 9.22. The molecule has 1 amide bonds. The normalized spacial score (nSPS) is 18.4. The smallest absolute Gasteiger partial charge is 0.261 e. The van der Waals surface area contributed by atoms with E-state index in [1.165, 1.54) is 24.2 Å². The zero-order chi connectivity index (χ0) is 16.6. The molecular formula is C17H26N4OS. The Kier molecular flexibility index (Phi) is 4.73. The number of aromatic nitrogens is 2. The lowest BCUT2D eigenvalue weighted by Crippen LogP contribution is -2.45. The molecule has 1 fully saturated rings. The zero-order valence-electron chi connectivity index (χ0n) is 14.4. The number of thiophene rings is 1. The number of nitrogens with zero attached hydrogens (tertiary/aromatic N) is 3. The maximum absolute atomic E-state index is 12.4. The number of nitrogens with one attached hydrogen (secondary N) is 1. The molecular weight excluding hydrogens is 308 g/mol. The monoisotopic (exact) mass is 334 g/mol. The Labute approximate surface area is 141 Å². The summed E-state index contributed by atoms with van der Waals surface area (Å²) in [5, 5.41) is 8.56. The largest absolute Gasteiger partial charge is 0.350 e. The summed E-state index contributed by atoms with van der Waals surface area (Å²) in [4.78, 5) is 16.7. The lowest BCUT2D eigenvalue weighted by atomic mass is 9.98. The van der Waals surface area contributed by atoms with E-state index < -0.39 is 0 Å². The van der Waals surface area contributed by atoms with Gasteiger partial charge in [-0.3, -0.25) is 14.4 Å². The number of rotatable bonds is 4. The summed E-state index contributed by atoms with van der Waals surface area (Å²) in [6.45, 7) is 9.50. The first-order valence-electron chi connectivity index (χ1n) is 8.41. The van der Waals surface area contributed by atoms with Gasteiger partial charge in [0.2, 0.25) is 0 Å². The van der Waals surface area contributed by atoms with Crippen molar-refractivity contribution in [2.24, 2.45) is 13.0 Å². The molecule has 1 aliphatic heterocycles. The molecule has 3 rings (SSSR count). The van der Waals surface area contributed by atoms with Crippen molar-refractivity contribution >= 4 is 27.5 Å². The van der Waals surface area contributed by atoms with Crippen molar-refractivity contribution in [1.29, 1.82) is 0 Å². The molecule has 1 unspecified atom stereocenters. The second kappa shape index (κ2) is 6.61. The summed E-state index contributed by atoms with van der Waals surface area (Å²) in [6.07, 6.45) is 2.53. The summed E-state index contributed by atoms with van der Waals surface area (Å²) < 4.78 is 1.85. The molecule has 0 aliphatic carbocycles. The van der Waals surface area contributed by atoms with Crippen LogP contribution in [-0.4, -0.2) is 46.3 Å². The van der Waals surface area contributed by atoms with E-state index in [-0.39, 0.29) is 5.91 Å². The van der Waals surface area contributed by atoms with Crippen LogP contribution >= 0.6 is 11.3 Å². The fraction of sp³-hybridized carbons (Fsp3) is 0.647. The van der Waals surface area contributed by atoms with Gasteiger partial charge in [0.15, 0.2) is 0 Å². The van der Waals surface area contributed by atoms with Gasteiger partial charge in [0.1, 0.15) is 4.83 Å². The van der Waals surface area contributed by atoms with Crippen molar-refractivity contribution in [2.75, 3.05) is 19.6 Å². The van der Waals surface area contributed by atoms with Gasteiger partial charge in [0.25, 0.3) is 5.91 Å². The molecule has 23 heavy (non-hydrogen) atoms. The lowest BCUT2D eigenvalue weighted by Gasteiger charge is -2.34. The van der Waals surface area contributed by atoms with Crippen molar-refractivity contribution < 1.29 is 4.79 Å². The van der Waals surface area contributed by atoms with Gasteiger partial charge in [0, 0.05) is 25.0 Å². The highest BCUT2D eigenvalue weighted by Gasteiger charge is 2.21. The number of likely N-dealkylation sites (tertiary alicyclic amines) is 1. The summed E-state index contributed by atoms with van der Waals surface area (Å²) in [5.74, 6) is 0.867. The van der Waals surface area contributed by atoms with Gasteiger partial charge in [-0.2, -0.15) is 5.10 Å².